The molecule has 0 aliphatic carbocycles. The average molecular weight is 423 g/mol. The highest BCUT2D eigenvalue weighted by Crippen LogP contribution is 2.23. The smallest absolute Gasteiger partial charge is 0.219 e. The molecule has 6 nitrogen and oxygen atoms in total. The van der Waals surface area contributed by atoms with Crippen LogP contribution < -0.4 is 10.1 Å². The number of fused-ring (bicyclic) bond motifs is 1. The highest BCUT2D eigenvalue weighted by atomic mass is 35.5. The molecule has 0 fully saturated rings. The van der Waals surface area contributed by atoms with Gasteiger partial charge in [-0.25, -0.2) is 9.97 Å². The first-order valence-corrected chi connectivity index (χ1v) is 10.2. The van der Waals surface area contributed by atoms with E-state index in [0.717, 1.165) is 35.4 Å². The van der Waals surface area contributed by atoms with Crippen LogP contribution in [0.2, 0.25) is 5.02 Å². The van der Waals surface area contributed by atoms with E-state index in [4.69, 9.17) is 21.4 Å². The fourth-order valence-corrected chi connectivity index (χ4v) is 3.34. The minimum Gasteiger partial charge on any atom is -0.439 e. The summed E-state index contributed by atoms with van der Waals surface area (Å²) in [7, 11) is 2.00. The first-order chi connectivity index (χ1) is 14.6. The third-order valence-electron chi connectivity index (χ3n) is 4.87. The number of nitrogens with zero attached hydrogens (tertiary/aromatic N) is 3. The largest absolute Gasteiger partial charge is 0.439 e. The van der Waals surface area contributed by atoms with E-state index in [0.29, 0.717) is 23.2 Å². The van der Waals surface area contributed by atoms with E-state index in [1.54, 1.807) is 18.3 Å². The van der Waals surface area contributed by atoms with E-state index >= 15 is 0 Å². The lowest BCUT2D eigenvalue weighted by molar-refractivity contribution is 0.288. The number of ether oxygens (including phenoxy) is 1. The Morgan fingerprint density at radius 1 is 1.07 bits per heavy atom. The van der Waals surface area contributed by atoms with Gasteiger partial charge in [0.2, 0.25) is 11.8 Å². The van der Waals surface area contributed by atoms with E-state index < -0.39 is 0 Å². The van der Waals surface area contributed by atoms with Crippen molar-refractivity contribution in [2.75, 3.05) is 11.9 Å². The SMILES string of the molecule is Cn1c(NCc2ccc(Oc3ccc(Cl)cn3)cc2)nc2ccc(CCCO)cc21. The molecule has 4 rings (SSSR count). The van der Waals surface area contributed by atoms with Crippen molar-refractivity contribution in [3.05, 3.63) is 76.9 Å². The maximum Gasteiger partial charge on any atom is 0.219 e. The van der Waals surface area contributed by atoms with Gasteiger partial charge >= 0.3 is 0 Å². The van der Waals surface area contributed by atoms with Crippen molar-refractivity contribution in [2.45, 2.75) is 19.4 Å². The van der Waals surface area contributed by atoms with Crippen molar-refractivity contribution in [3.8, 4) is 11.6 Å². The highest BCUT2D eigenvalue weighted by Gasteiger charge is 2.08. The van der Waals surface area contributed by atoms with Gasteiger partial charge in [0.25, 0.3) is 0 Å². The maximum atomic E-state index is 9.04. The normalized spacial score (nSPS) is 11.0. The standard InChI is InChI=1S/C23H23ClN4O2/c1-28-21-13-16(3-2-12-29)6-10-20(21)27-23(28)26-14-17-4-8-19(9-5-17)30-22-11-7-18(24)15-25-22/h4-11,13,15,29H,2-3,12,14H2,1H3,(H,26,27). The average Bonchev–Trinajstić information content (AvgIpc) is 3.08. The number of pyridine rings is 1. The third-order valence-corrected chi connectivity index (χ3v) is 5.09. The van der Waals surface area contributed by atoms with Gasteiger partial charge in [-0.15, -0.1) is 0 Å². The van der Waals surface area contributed by atoms with Gasteiger partial charge in [0.05, 0.1) is 16.1 Å². The monoisotopic (exact) mass is 422 g/mol. The number of benzene rings is 2. The Bertz CT molecular complexity index is 1120. The van der Waals surface area contributed by atoms with Crippen molar-refractivity contribution >= 4 is 28.6 Å². The van der Waals surface area contributed by atoms with Crippen LogP contribution in [0, 0.1) is 0 Å². The van der Waals surface area contributed by atoms with Crippen molar-refractivity contribution in [1.29, 1.82) is 0 Å². The van der Waals surface area contributed by atoms with Crippen LogP contribution >= 0.6 is 11.6 Å². The number of hydrogen-bond donors (Lipinski definition) is 2. The van der Waals surface area contributed by atoms with Crippen LogP contribution in [-0.2, 0) is 20.0 Å². The van der Waals surface area contributed by atoms with Gasteiger partial charge in [0, 0.05) is 32.5 Å². The van der Waals surface area contributed by atoms with Crippen LogP contribution in [0.1, 0.15) is 17.5 Å². The summed E-state index contributed by atoms with van der Waals surface area (Å²) in [5.41, 5.74) is 4.35. The molecule has 2 aromatic heterocycles. The summed E-state index contributed by atoms with van der Waals surface area (Å²) in [4.78, 5) is 8.82. The molecule has 154 valence electrons. The van der Waals surface area contributed by atoms with Gasteiger partial charge in [-0.05, 0) is 54.3 Å². The third kappa shape index (κ3) is 4.72. The number of hydrogen-bond acceptors (Lipinski definition) is 5. The predicted octanol–water partition coefficient (Wildman–Crippen LogP) is 4.95. The molecule has 0 aliphatic heterocycles. The number of anilines is 1. The summed E-state index contributed by atoms with van der Waals surface area (Å²) in [5, 5.41) is 13.0. The second-order valence-electron chi connectivity index (χ2n) is 7.06. The van der Waals surface area contributed by atoms with Crippen LogP contribution in [0.5, 0.6) is 11.6 Å². The lowest BCUT2D eigenvalue weighted by atomic mass is 10.1. The van der Waals surface area contributed by atoms with Crippen molar-refractivity contribution in [2.24, 2.45) is 7.05 Å². The quantitative estimate of drug-likeness (QED) is 0.420. The zero-order valence-corrected chi connectivity index (χ0v) is 17.4. The Kier molecular flexibility index (Phi) is 6.16. The van der Waals surface area contributed by atoms with E-state index in [2.05, 4.69) is 32.0 Å². The first kappa shape index (κ1) is 20.2. The molecule has 2 heterocycles. The molecule has 30 heavy (non-hydrogen) atoms. The van der Waals surface area contributed by atoms with Crippen molar-refractivity contribution in [3.63, 3.8) is 0 Å². The first-order valence-electron chi connectivity index (χ1n) is 9.81. The zero-order valence-electron chi connectivity index (χ0n) is 16.7. The van der Waals surface area contributed by atoms with Crippen LogP contribution in [0.4, 0.5) is 5.95 Å². The summed E-state index contributed by atoms with van der Waals surface area (Å²) in [5.74, 6) is 2.03. The van der Waals surface area contributed by atoms with Gasteiger partial charge in [-0.1, -0.05) is 29.8 Å². The molecule has 0 bridgehead atoms. The summed E-state index contributed by atoms with van der Waals surface area (Å²) in [6.07, 6.45) is 3.18. The Hall–Kier alpha value is -3.09. The number of rotatable bonds is 8. The van der Waals surface area contributed by atoms with Crippen LogP contribution in [0.25, 0.3) is 11.0 Å². The number of aliphatic hydroxyl groups is 1. The van der Waals surface area contributed by atoms with E-state index in [1.165, 1.54) is 5.56 Å². The summed E-state index contributed by atoms with van der Waals surface area (Å²) < 4.78 is 7.78. The van der Waals surface area contributed by atoms with Crippen molar-refractivity contribution < 1.29 is 9.84 Å². The minimum absolute atomic E-state index is 0.205. The summed E-state index contributed by atoms with van der Waals surface area (Å²) >= 11 is 5.84. The van der Waals surface area contributed by atoms with Gasteiger partial charge < -0.3 is 19.7 Å². The number of imidazole rings is 1. The number of halogens is 1. The molecule has 4 aromatic rings. The Morgan fingerprint density at radius 2 is 1.87 bits per heavy atom. The number of aryl methyl sites for hydroxylation is 2. The molecule has 0 saturated carbocycles. The number of aromatic nitrogens is 3. The topological polar surface area (TPSA) is 72.2 Å². The van der Waals surface area contributed by atoms with E-state index in [-0.39, 0.29) is 6.61 Å². The maximum absolute atomic E-state index is 9.04. The molecule has 0 amide bonds. The molecule has 0 radical (unpaired) electrons. The van der Waals surface area contributed by atoms with E-state index in [9.17, 15) is 0 Å². The van der Waals surface area contributed by atoms with Crippen molar-refractivity contribution in [1.82, 2.24) is 14.5 Å². The highest BCUT2D eigenvalue weighted by molar-refractivity contribution is 6.30. The fourth-order valence-electron chi connectivity index (χ4n) is 3.23. The summed E-state index contributed by atoms with van der Waals surface area (Å²) in [6.45, 7) is 0.851. The predicted molar refractivity (Wildman–Crippen MR) is 119 cm³/mol. The van der Waals surface area contributed by atoms with Gasteiger partial charge in [-0.2, -0.15) is 0 Å². The molecule has 0 aliphatic rings. The molecule has 7 heteroatoms. The Morgan fingerprint density at radius 3 is 2.60 bits per heavy atom. The lowest BCUT2D eigenvalue weighted by Gasteiger charge is -2.08. The zero-order chi connectivity index (χ0) is 20.9. The Balaban J connectivity index is 1.40. The van der Waals surface area contributed by atoms with Crippen LogP contribution in [0.15, 0.2) is 60.8 Å². The van der Waals surface area contributed by atoms with Crippen LogP contribution in [0.3, 0.4) is 0 Å². The minimum atomic E-state index is 0.205. The molecule has 2 N–H and O–H groups in total. The molecule has 0 unspecified atom stereocenters. The second-order valence-corrected chi connectivity index (χ2v) is 7.50. The molecular weight excluding hydrogens is 400 g/mol. The Labute approximate surface area is 180 Å². The molecule has 0 atom stereocenters. The molecule has 0 saturated heterocycles. The fraction of sp³-hybridized carbons (Fsp3) is 0.217. The second kappa shape index (κ2) is 9.15. The van der Waals surface area contributed by atoms with E-state index in [1.807, 2.05) is 37.4 Å². The molecule has 0 spiro atoms. The van der Waals surface area contributed by atoms with Gasteiger partial charge in [0.15, 0.2) is 0 Å². The molecular formula is C23H23ClN4O2. The summed E-state index contributed by atoms with van der Waals surface area (Å²) in [6, 6.07) is 17.6. The number of nitrogens with one attached hydrogen (secondary N) is 1. The van der Waals surface area contributed by atoms with Crippen LogP contribution in [-0.4, -0.2) is 26.2 Å². The lowest BCUT2D eigenvalue weighted by Crippen LogP contribution is -2.05. The number of aliphatic hydroxyl groups excluding tert-OH is 1. The molecule has 2 aromatic carbocycles. The van der Waals surface area contributed by atoms with Gasteiger partial charge in [0.1, 0.15) is 5.75 Å². The van der Waals surface area contributed by atoms with Gasteiger partial charge in [-0.3, -0.25) is 0 Å².